The number of anilines is 2. The number of hydrogen-bond donors (Lipinski definition) is 2. The fourth-order valence-corrected chi connectivity index (χ4v) is 3.41. The molecule has 0 saturated heterocycles. The zero-order valence-corrected chi connectivity index (χ0v) is 15.9. The van der Waals surface area contributed by atoms with Crippen LogP contribution in [0.1, 0.15) is 68.0 Å². The van der Waals surface area contributed by atoms with Crippen molar-refractivity contribution in [2.75, 3.05) is 16.8 Å². The highest BCUT2D eigenvalue weighted by molar-refractivity contribution is 5.49. The van der Waals surface area contributed by atoms with Crippen molar-refractivity contribution in [3.8, 4) is 0 Å². The first kappa shape index (κ1) is 17.3. The Morgan fingerprint density at radius 1 is 1.12 bits per heavy atom. The SMILES string of the molecule is CC(C)c1cc(N2CCc3cc([C@H](C)O)ccc3C2)nc(NC2CC2)n1. The average Bonchev–Trinajstić information content (AvgIpc) is 3.44. The van der Waals surface area contributed by atoms with Crippen LogP contribution in [0.2, 0.25) is 0 Å². The summed E-state index contributed by atoms with van der Waals surface area (Å²) >= 11 is 0. The van der Waals surface area contributed by atoms with Gasteiger partial charge in [0.15, 0.2) is 0 Å². The lowest BCUT2D eigenvalue weighted by atomic mass is 9.95. The Morgan fingerprint density at radius 3 is 2.62 bits per heavy atom. The minimum absolute atomic E-state index is 0.377. The number of benzene rings is 1. The summed E-state index contributed by atoms with van der Waals surface area (Å²) in [4.78, 5) is 11.9. The molecule has 2 heterocycles. The summed E-state index contributed by atoms with van der Waals surface area (Å²) in [7, 11) is 0. The lowest BCUT2D eigenvalue weighted by Gasteiger charge is -2.31. The van der Waals surface area contributed by atoms with Gasteiger partial charge in [0.1, 0.15) is 5.82 Å². The van der Waals surface area contributed by atoms with Crippen LogP contribution in [-0.2, 0) is 13.0 Å². The van der Waals surface area contributed by atoms with Crippen LogP contribution in [0.4, 0.5) is 11.8 Å². The van der Waals surface area contributed by atoms with E-state index in [9.17, 15) is 5.11 Å². The molecule has 1 aliphatic heterocycles. The molecule has 0 unspecified atom stereocenters. The molecule has 0 spiro atoms. The number of fused-ring (bicyclic) bond motifs is 1. The molecule has 0 radical (unpaired) electrons. The highest BCUT2D eigenvalue weighted by Crippen LogP contribution is 2.29. The molecule has 4 rings (SSSR count). The zero-order chi connectivity index (χ0) is 18.3. The fourth-order valence-electron chi connectivity index (χ4n) is 3.41. The molecule has 1 saturated carbocycles. The Hall–Kier alpha value is -2.14. The molecule has 1 atom stereocenters. The Labute approximate surface area is 155 Å². The van der Waals surface area contributed by atoms with Gasteiger partial charge in [0.05, 0.1) is 11.8 Å². The summed E-state index contributed by atoms with van der Waals surface area (Å²) in [6.45, 7) is 7.96. The summed E-state index contributed by atoms with van der Waals surface area (Å²) in [6.07, 6.45) is 2.99. The third kappa shape index (κ3) is 3.68. The van der Waals surface area contributed by atoms with Crippen molar-refractivity contribution in [3.05, 3.63) is 46.6 Å². The second-order valence-corrected chi connectivity index (χ2v) is 7.92. The van der Waals surface area contributed by atoms with E-state index >= 15 is 0 Å². The quantitative estimate of drug-likeness (QED) is 0.857. The zero-order valence-electron chi connectivity index (χ0n) is 15.9. The highest BCUT2D eigenvalue weighted by Gasteiger charge is 2.24. The minimum atomic E-state index is -0.412. The first-order chi connectivity index (χ1) is 12.5. The van der Waals surface area contributed by atoms with E-state index in [0.29, 0.717) is 12.0 Å². The van der Waals surface area contributed by atoms with E-state index in [1.54, 1.807) is 0 Å². The van der Waals surface area contributed by atoms with Gasteiger partial charge >= 0.3 is 0 Å². The van der Waals surface area contributed by atoms with E-state index in [0.717, 1.165) is 42.5 Å². The molecule has 1 aliphatic carbocycles. The normalized spacial score (nSPS) is 18.0. The topological polar surface area (TPSA) is 61.3 Å². The van der Waals surface area contributed by atoms with E-state index in [-0.39, 0.29) is 0 Å². The predicted molar refractivity (Wildman–Crippen MR) is 105 cm³/mol. The number of aromatic nitrogens is 2. The summed E-state index contributed by atoms with van der Waals surface area (Å²) < 4.78 is 0. The van der Waals surface area contributed by atoms with Gasteiger partial charge in [-0.2, -0.15) is 4.98 Å². The van der Waals surface area contributed by atoms with Crippen LogP contribution in [0.15, 0.2) is 24.3 Å². The van der Waals surface area contributed by atoms with E-state index in [4.69, 9.17) is 9.97 Å². The summed E-state index contributed by atoms with van der Waals surface area (Å²) in [5.41, 5.74) is 4.75. The second-order valence-electron chi connectivity index (χ2n) is 7.92. The van der Waals surface area contributed by atoms with Crippen molar-refractivity contribution in [2.45, 2.75) is 64.6 Å². The number of nitrogens with zero attached hydrogens (tertiary/aromatic N) is 3. The van der Waals surface area contributed by atoms with Gasteiger partial charge in [0.2, 0.25) is 5.95 Å². The third-order valence-corrected chi connectivity index (χ3v) is 5.28. The largest absolute Gasteiger partial charge is 0.389 e. The molecule has 2 N–H and O–H groups in total. The van der Waals surface area contributed by atoms with Crippen molar-refractivity contribution >= 4 is 11.8 Å². The molecule has 0 amide bonds. The van der Waals surface area contributed by atoms with Gasteiger partial charge in [-0.15, -0.1) is 0 Å². The first-order valence-corrected chi connectivity index (χ1v) is 9.70. The molecule has 138 valence electrons. The Kier molecular flexibility index (Phi) is 4.57. The van der Waals surface area contributed by atoms with Gasteiger partial charge in [-0.1, -0.05) is 32.0 Å². The van der Waals surface area contributed by atoms with E-state index in [1.807, 2.05) is 13.0 Å². The fraction of sp³-hybridized carbons (Fsp3) is 0.524. The van der Waals surface area contributed by atoms with Crippen molar-refractivity contribution < 1.29 is 5.11 Å². The van der Waals surface area contributed by atoms with Gasteiger partial charge in [0, 0.05) is 25.2 Å². The molecule has 2 aromatic rings. The lowest BCUT2D eigenvalue weighted by Crippen LogP contribution is -2.31. The molecule has 2 aliphatic rings. The van der Waals surface area contributed by atoms with E-state index < -0.39 is 6.10 Å². The number of hydrogen-bond acceptors (Lipinski definition) is 5. The maximum absolute atomic E-state index is 9.81. The van der Waals surface area contributed by atoms with Crippen molar-refractivity contribution in [3.63, 3.8) is 0 Å². The summed E-state index contributed by atoms with van der Waals surface area (Å²) in [5.74, 6) is 2.16. The minimum Gasteiger partial charge on any atom is -0.389 e. The van der Waals surface area contributed by atoms with Gasteiger partial charge < -0.3 is 15.3 Å². The van der Waals surface area contributed by atoms with Crippen LogP contribution < -0.4 is 10.2 Å². The number of aliphatic hydroxyl groups excluding tert-OH is 1. The molecule has 5 nitrogen and oxygen atoms in total. The van der Waals surface area contributed by atoms with Crippen LogP contribution in [0.5, 0.6) is 0 Å². The standard InChI is InChI=1S/C21H28N4O/c1-13(2)19-11-20(24-21(23-19)22-18-6-7-18)25-9-8-16-10-15(14(3)26)4-5-17(16)12-25/h4-5,10-11,13-14,18,26H,6-9,12H2,1-3H3,(H,22,23,24)/t14-/m0/s1. The Morgan fingerprint density at radius 2 is 1.92 bits per heavy atom. The summed E-state index contributed by atoms with van der Waals surface area (Å²) in [5, 5.41) is 13.3. The average molecular weight is 352 g/mol. The van der Waals surface area contributed by atoms with Crippen molar-refractivity contribution in [2.24, 2.45) is 0 Å². The van der Waals surface area contributed by atoms with Crippen LogP contribution in [0.3, 0.4) is 0 Å². The smallest absolute Gasteiger partial charge is 0.225 e. The number of rotatable bonds is 5. The molecular weight excluding hydrogens is 324 g/mol. The summed E-state index contributed by atoms with van der Waals surface area (Å²) in [6, 6.07) is 9.02. The van der Waals surface area contributed by atoms with Gasteiger partial charge in [-0.05, 0) is 48.8 Å². The molecular formula is C21H28N4O. The van der Waals surface area contributed by atoms with Crippen LogP contribution >= 0.6 is 0 Å². The lowest BCUT2D eigenvalue weighted by molar-refractivity contribution is 0.199. The maximum atomic E-state index is 9.81. The monoisotopic (exact) mass is 352 g/mol. The molecule has 1 fully saturated rings. The van der Waals surface area contributed by atoms with Crippen molar-refractivity contribution in [1.29, 1.82) is 0 Å². The van der Waals surface area contributed by atoms with Crippen LogP contribution in [0.25, 0.3) is 0 Å². The number of nitrogens with one attached hydrogen (secondary N) is 1. The highest BCUT2D eigenvalue weighted by atomic mass is 16.3. The Bertz CT molecular complexity index is 799. The molecule has 5 heteroatoms. The van der Waals surface area contributed by atoms with Gasteiger partial charge in [-0.25, -0.2) is 4.98 Å². The number of aliphatic hydroxyl groups is 1. The molecule has 1 aromatic carbocycles. The van der Waals surface area contributed by atoms with Gasteiger partial charge in [-0.3, -0.25) is 0 Å². The molecule has 26 heavy (non-hydrogen) atoms. The second kappa shape index (κ2) is 6.88. The van der Waals surface area contributed by atoms with Crippen molar-refractivity contribution in [1.82, 2.24) is 9.97 Å². The third-order valence-electron chi connectivity index (χ3n) is 5.28. The van der Waals surface area contributed by atoms with E-state index in [2.05, 4.69) is 42.3 Å². The maximum Gasteiger partial charge on any atom is 0.225 e. The predicted octanol–water partition coefficient (Wildman–Crippen LogP) is 3.79. The van der Waals surface area contributed by atoms with Crippen LogP contribution in [-0.4, -0.2) is 27.7 Å². The molecule has 0 bridgehead atoms. The van der Waals surface area contributed by atoms with E-state index in [1.165, 1.54) is 24.0 Å². The molecule has 1 aromatic heterocycles. The Balaban J connectivity index is 1.60. The first-order valence-electron chi connectivity index (χ1n) is 9.70. The van der Waals surface area contributed by atoms with Crippen LogP contribution in [0, 0.1) is 0 Å². The van der Waals surface area contributed by atoms with Gasteiger partial charge in [0.25, 0.3) is 0 Å².